The normalized spacial score (nSPS) is 15.0. The van der Waals surface area contributed by atoms with E-state index in [0.717, 1.165) is 45.9 Å². The van der Waals surface area contributed by atoms with Crippen molar-refractivity contribution in [2.24, 2.45) is 0 Å². The Labute approximate surface area is 185 Å². The van der Waals surface area contributed by atoms with Crippen molar-refractivity contribution in [3.05, 3.63) is 77.6 Å². The number of benzene rings is 3. The Morgan fingerprint density at radius 3 is 2.81 bits per heavy atom. The van der Waals surface area contributed by atoms with E-state index in [2.05, 4.69) is 5.32 Å². The number of ether oxygens (including phenoxy) is 2. The molecule has 0 bridgehead atoms. The van der Waals surface area contributed by atoms with Gasteiger partial charge in [0.05, 0.1) is 25.2 Å². The highest BCUT2D eigenvalue weighted by Crippen LogP contribution is 2.35. The maximum Gasteiger partial charge on any atom is 0.142 e. The lowest BCUT2D eigenvalue weighted by atomic mass is 9.95. The summed E-state index contributed by atoms with van der Waals surface area (Å²) in [6.45, 7) is 0.512. The molecule has 1 atom stereocenters. The van der Waals surface area contributed by atoms with Gasteiger partial charge in [-0.1, -0.05) is 12.1 Å². The van der Waals surface area contributed by atoms with Crippen LogP contribution in [-0.4, -0.2) is 29.9 Å². The Morgan fingerprint density at radius 1 is 1.12 bits per heavy atom. The van der Waals surface area contributed by atoms with Crippen molar-refractivity contribution >= 4 is 34.3 Å². The summed E-state index contributed by atoms with van der Waals surface area (Å²) in [5.74, 6) is 3.14. The van der Waals surface area contributed by atoms with Gasteiger partial charge < -0.3 is 25.9 Å². The monoisotopic (exact) mass is 425 g/mol. The van der Waals surface area contributed by atoms with E-state index < -0.39 is 0 Å². The molecule has 5 rings (SSSR count). The predicted octanol–water partition coefficient (Wildman–Crippen LogP) is 4.68. The second-order valence-electron chi connectivity index (χ2n) is 7.75. The molecule has 0 radical (unpaired) electrons. The molecule has 0 saturated carbocycles. The van der Waals surface area contributed by atoms with Crippen molar-refractivity contribution in [1.29, 1.82) is 5.41 Å². The molecule has 2 heterocycles. The minimum atomic E-state index is 0.0186. The second kappa shape index (κ2) is 8.19. The molecule has 1 unspecified atom stereocenters. The maximum absolute atomic E-state index is 7.44. The van der Waals surface area contributed by atoms with Crippen LogP contribution in [0.3, 0.4) is 0 Å². The van der Waals surface area contributed by atoms with E-state index in [1.807, 2.05) is 60.7 Å². The highest BCUT2D eigenvalue weighted by atomic mass is 16.5. The molecular formula is C25H23N5O2. The number of hydrogen-bond acceptors (Lipinski definition) is 7. The smallest absolute Gasteiger partial charge is 0.142 e. The van der Waals surface area contributed by atoms with Crippen molar-refractivity contribution in [3.63, 3.8) is 0 Å². The highest BCUT2D eigenvalue weighted by Gasteiger charge is 2.25. The topological polar surface area (TPSA) is 106 Å². The molecule has 1 aliphatic rings. The van der Waals surface area contributed by atoms with Crippen molar-refractivity contribution in [2.75, 3.05) is 24.8 Å². The van der Waals surface area contributed by atoms with E-state index in [-0.39, 0.29) is 5.92 Å². The molecule has 1 aromatic heterocycles. The van der Waals surface area contributed by atoms with E-state index in [1.165, 1.54) is 6.21 Å². The van der Waals surface area contributed by atoms with Crippen LogP contribution in [0.1, 0.15) is 22.9 Å². The summed E-state index contributed by atoms with van der Waals surface area (Å²) in [5, 5.41) is 11.7. The van der Waals surface area contributed by atoms with Gasteiger partial charge in [-0.15, -0.1) is 0 Å². The zero-order valence-electron chi connectivity index (χ0n) is 17.6. The molecule has 7 heteroatoms. The van der Waals surface area contributed by atoms with Crippen molar-refractivity contribution in [3.8, 4) is 11.5 Å². The van der Waals surface area contributed by atoms with Crippen LogP contribution in [0.2, 0.25) is 0 Å². The Hall–Kier alpha value is -4.13. The third kappa shape index (κ3) is 3.69. The lowest BCUT2D eigenvalue weighted by Crippen LogP contribution is -2.21. The van der Waals surface area contributed by atoms with Crippen molar-refractivity contribution in [1.82, 2.24) is 9.97 Å². The highest BCUT2D eigenvalue weighted by molar-refractivity contribution is 5.92. The van der Waals surface area contributed by atoms with Gasteiger partial charge in [0, 0.05) is 28.5 Å². The lowest BCUT2D eigenvalue weighted by molar-refractivity contribution is 0.257. The van der Waals surface area contributed by atoms with E-state index in [4.69, 9.17) is 30.6 Å². The van der Waals surface area contributed by atoms with E-state index in [1.54, 1.807) is 7.11 Å². The van der Waals surface area contributed by atoms with Crippen LogP contribution in [0.25, 0.3) is 10.9 Å². The fraction of sp³-hybridized carbons (Fsp3) is 0.160. The van der Waals surface area contributed by atoms with Gasteiger partial charge in [0.1, 0.15) is 23.1 Å². The molecule has 0 spiro atoms. The summed E-state index contributed by atoms with van der Waals surface area (Å²) in [7, 11) is 1.66. The first-order chi connectivity index (χ1) is 15.6. The van der Waals surface area contributed by atoms with E-state index in [9.17, 15) is 0 Å². The first kappa shape index (κ1) is 19.8. The lowest BCUT2D eigenvalue weighted by Gasteiger charge is -2.25. The molecule has 1 aliphatic heterocycles. The van der Waals surface area contributed by atoms with Crippen LogP contribution in [-0.2, 0) is 6.42 Å². The van der Waals surface area contributed by atoms with Gasteiger partial charge in [0.25, 0.3) is 0 Å². The van der Waals surface area contributed by atoms with Gasteiger partial charge >= 0.3 is 0 Å². The molecule has 32 heavy (non-hydrogen) atoms. The zero-order valence-corrected chi connectivity index (χ0v) is 17.6. The summed E-state index contributed by atoms with van der Waals surface area (Å²) >= 11 is 0. The Kier molecular flexibility index (Phi) is 5.07. The fourth-order valence-electron chi connectivity index (χ4n) is 3.96. The summed E-state index contributed by atoms with van der Waals surface area (Å²) in [5.41, 5.74) is 10.0. The number of nitrogen functional groups attached to an aromatic ring is 1. The third-order valence-electron chi connectivity index (χ3n) is 5.66. The number of para-hydroxylation sites is 1. The first-order valence-electron chi connectivity index (χ1n) is 10.4. The summed E-state index contributed by atoms with van der Waals surface area (Å²) < 4.78 is 11.4. The third-order valence-corrected chi connectivity index (χ3v) is 5.66. The number of rotatable bonds is 5. The summed E-state index contributed by atoms with van der Waals surface area (Å²) in [6, 6.07) is 19.3. The Balaban J connectivity index is 1.52. The number of nitrogens with one attached hydrogen (secondary N) is 2. The van der Waals surface area contributed by atoms with Crippen molar-refractivity contribution in [2.45, 2.75) is 12.3 Å². The van der Waals surface area contributed by atoms with Crippen molar-refractivity contribution < 1.29 is 9.47 Å². The molecule has 4 aromatic rings. The van der Waals surface area contributed by atoms with Crippen LogP contribution in [0.5, 0.6) is 11.5 Å². The maximum atomic E-state index is 7.44. The van der Waals surface area contributed by atoms with Gasteiger partial charge in [0.2, 0.25) is 0 Å². The molecule has 0 saturated heterocycles. The largest absolute Gasteiger partial charge is 0.497 e. The Morgan fingerprint density at radius 2 is 2.00 bits per heavy atom. The molecule has 7 nitrogen and oxygen atoms in total. The SMILES string of the molecule is COc1ccc2c(c1)CC(c1nc(Nc3ccc(C=N)c(N)c3)c3ccccc3n1)CO2. The number of fused-ring (bicyclic) bond motifs is 2. The molecule has 4 N–H and O–H groups in total. The quantitative estimate of drug-likeness (QED) is 0.317. The van der Waals surface area contributed by atoms with Crippen LogP contribution in [0, 0.1) is 5.41 Å². The number of aromatic nitrogens is 2. The van der Waals surface area contributed by atoms with Gasteiger partial charge in [-0.3, -0.25) is 0 Å². The fourth-order valence-corrected chi connectivity index (χ4v) is 3.96. The average molecular weight is 425 g/mol. The number of nitrogens with zero attached hydrogens (tertiary/aromatic N) is 2. The van der Waals surface area contributed by atoms with Crippen LogP contribution in [0.15, 0.2) is 60.7 Å². The molecule has 0 fully saturated rings. The number of hydrogen-bond donors (Lipinski definition) is 3. The minimum Gasteiger partial charge on any atom is -0.497 e. The second-order valence-corrected chi connectivity index (χ2v) is 7.75. The number of nitrogens with two attached hydrogens (primary N) is 1. The summed E-state index contributed by atoms with van der Waals surface area (Å²) in [6.07, 6.45) is 2.01. The number of methoxy groups -OCH3 is 1. The van der Waals surface area contributed by atoms with E-state index in [0.29, 0.717) is 23.7 Å². The van der Waals surface area contributed by atoms with Gasteiger partial charge in [-0.2, -0.15) is 0 Å². The molecular weight excluding hydrogens is 402 g/mol. The van der Waals surface area contributed by atoms with E-state index >= 15 is 0 Å². The standard InChI is InChI=1S/C25H23N5O2/c1-31-19-8-9-23-16(11-19)10-17(14-32-23)24-29-22-5-3-2-4-20(22)25(30-24)28-18-7-6-15(13-26)21(27)12-18/h2-9,11-13,17,26H,10,14,27H2,1H3,(H,28,29,30). The number of anilines is 3. The zero-order chi connectivity index (χ0) is 22.1. The average Bonchev–Trinajstić information content (AvgIpc) is 2.83. The predicted molar refractivity (Wildman–Crippen MR) is 126 cm³/mol. The van der Waals surface area contributed by atoms with Crippen LogP contribution < -0.4 is 20.5 Å². The molecule has 3 aromatic carbocycles. The first-order valence-corrected chi connectivity index (χ1v) is 10.4. The molecule has 0 aliphatic carbocycles. The van der Waals surface area contributed by atoms with Gasteiger partial charge in [-0.05, 0) is 60.5 Å². The summed E-state index contributed by atoms with van der Waals surface area (Å²) in [4.78, 5) is 9.73. The Bertz CT molecular complexity index is 1320. The minimum absolute atomic E-state index is 0.0186. The van der Waals surface area contributed by atoms with Crippen LogP contribution >= 0.6 is 0 Å². The molecule has 160 valence electrons. The molecule has 0 amide bonds. The van der Waals surface area contributed by atoms with Crippen LogP contribution in [0.4, 0.5) is 17.2 Å². The van der Waals surface area contributed by atoms with Gasteiger partial charge in [0.15, 0.2) is 0 Å². The van der Waals surface area contributed by atoms with Gasteiger partial charge in [-0.25, -0.2) is 9.97 Å².